The molecule has 0 atom stereocenters. The highest BCUT2D eigenvalue weighted by molar-refractivity contribution is 7.34. The zero-order valence-corrected chi connectivity index (χ0v) is 20.6. The van der Waals surface area contributed by atoms with Crippen molar-refractivity contribution in [3.8, 4) is 0 Å². The first-order valence-corrected chi connectivity index (χ1v) is 22.0. The fourth-order valence-electron chi connectivity index (χ4n) is 4.80. The minimum absolute atomic E-state index is 0.0980. The van der Waals surface area contributed by atoms with Crippen LogP contribution in [-0.4, -0.2) is 38.9 Å². The molecule has 7 heteroatoms. The second kappa shape index (κ2) is 6.00. The number of rotatable bonds is 6. The topological polar surface area (TPSA) is 9.23 Å². The molecule has 1 nitrogen and oxygen atoms in total. The third kappa shape index (κ3) is 4.13. The van der Waals surface area contributed by atoms with E-state index in [1.807, 2.05) is 0 Å². The second-order valence-electron chi connectivity index (χ2n) is 10.1. The zero-order chi connectivity index (χ0) is 16.8. The lowest BCUT2D eigenvalue weighted by Gasteiger charge is -2.60. The summed E-state index contributed by atoms with van der Waals surface area (Å²) in [6.45, 7) is 29.3. The van der Waals surface area contributed by atoms with Crippen LogP contribution >= 0.6 is 11.5 Å². The van der Waals surface area contributed by atoms with Crippen LogP contribution in [0.4, 0.5) is 0 Å². The SMILES string of the molecule is C[Si](C)(C)OB(Cl)C([Si](C)(C)C)([Si](C)(C)C)[Si](C)(C)C. The van der Waals surface area contributed by atoms with Crippen LogP contribution < -0.4 is 0 Å². The highest BCUT2D eigenvalue weighted by Gasteiger charge is 2.66. The molecule has 0 aromatic rings. The molecule has 0 unspecified atom stereocenters. The van der Waals surface area contributed by atoms with Gasteiger partial charge in [0.25, 0.3) is 0 Å². The smallest absolute Gasteiger partial charge is 0.386 e. The van der Waals surface area contributed by atoms with Crippen molar-refractivity contribution in [2.45, 2.75) is 82.7 Å². The summed E-state index contributed by atoms with van der Waals surface area (Å²) in [7, 11) is -6.08. The Hall–Kier alpha value is 1.18. The first-order chi connectivity index (χ1) is 8.38. The molecule has 20 heavy (non-hydrogen) atoms. The average molecular weight is 367 g/mol. The molecule has 120 valence electrons. The Morgan fingerprint density at radius 3 is 1.05 bits per heavy atom. The molecule has 0 aromatic heterocycles. The molecule has 0 aliphatic rings. The van der Waals surface area contributed by atoms with Gasteiger partial charge in [-0.05, 0) is 23.8 Å². The lowest BCUT2D eigenvalue weighted by atomic mass is 10.0. The summed E-state index contributed by atoms with van der Waals surface area (Å²) in [6, 6.07) is 0. The molecule has 0 bridgehead atoms. The molecular weight excluding hydrogens is 331 g/mol. The molecule has 0 heterocycles. The van der Waals surface area contributed by atoms with Gasteiger partial charge in [0.2, 0.25) is 0 Å². The molecule has 0 fully saturated rings. The van der Waals surface area contributed by atoms with E-state index in [1.165, 1.54) is 0 Å². The van der Waals surface area contributed by atoms with Crippen molar-refractivity contribution >= 4 is 50.3 Å². The fourth-order valence-corrected chi connectivity index (χ4v) is 38.9. The third-order valence-corrected chi connectivity index (χ3v) is 27.8. The van der Waals surface area contributed by atoms with Crippen molar-refractivity contribution in [2.75, 3.05) is 0 Å². The predicted octanol–water partition coefficient (Wildman–Crippen LogP) is 5.94. The van der Waals surface area contributed by atoms with Crippen LogP contribution in [0.2, 0.25) is 82.7 Å². The van der Waals surface area contributed by atoms with E-state index in [-0.39, 0.29) is 10.5 Å². The summed E-state index contributed by atoms with van der Waals surface area (Å²) < 4.78 is 6.76. The molecule has 0 spiro atoms. The molecule has 0 saturated carbocycles. The standard InChI is InChI=1S/C13H36BClOSi4/c1-17(2,3)13(18(4,5)6,19(7,8)9)14(15)16-20(10,11)12/h1-12H3. The van der Waals surface area contributed by atoms with Crippen LogP contribution in [0.3, 0.4) is 0 Å². The van der Waals surface area contributed by atoms with Gasteiger partial charge in [0.1, 0.15) is 0 Å². The molecule has 0 aromatic carbocycles. The maximum Gasteiger partial charge on any atom is 0.386 e. The van der Waals surface area contributed by atoms with E-state index >= 15 is 0 Å². The molecule has 0 saturated heterocycles. The highest BCUT2D eigenvalue weighted by Crippen LogP contribution is 2.56. The Morgan fingerprint density at radius 2 is 0.900 bits per heavy atom. The zero-order valence-electron chi connectivity index (χ0n) is 15.9. The van der Waals surface area contributed by atoms with E-state index in [0.29, 0.717) is 0 Å². The van der Waals surface area contributed by atoms with Gasteiger partial charge in [-0.2, -0.15) is 11.5 Å². The monoisotopic (exact) mass is 366 g/mol. The van der Waals surface area contributed by atoms with E-state index < -0.39 is 32.5 Å². The van der Waals surface area contributed by atoms with Crippen molar-refractivity contribution in [3.05, 3.63) is 0 Å². The normalized spacial score (nSPS) is 15.4. The van der Waals surface area contributed by atoms with Gasteiger partial charge < -0.3 is 4.34 Å². The maximum absolute atomic E-state index is 7.06. The molecule has 0 radical (unpaired) electrons. The summed E-state index contributed by atoms with van der Waals surface area (Å²) in [5.74, 6) is 0. The van der Waals surface area contributed by atoms with Gasteiger partial charge in [0.05, 0.1) is 0 Å². The van der Waals surface area contributed by atoms with E-state index in [2.05, 4.69) is 78.6 Å². The predicted molar refractivity (Wildman–Crippen MR) is 109 cm³/mol. The van der Waals surface area contributed by atoms with Gasteiger partial charge in [-0.3, -0.25) is 0 Å². The largest absolute Gasteiger partial charge is 0.464 e. The molecule has 0 N–H and O–H groups in total. The number of hydrogen-bond donors (Lipinski definition) is 0. The van der Waals surface area contributed by atoms with Crippen LogP contribution in [0, 0.1) is 0 Å². The Labute approximate surface area is 137 Å². The third-order valence-electron chi connectivity index (χ3n) is 4.35. The van der Waals surface area contributed by atoms with Crippen LogP contribution in [0.5, 0.6) is 0 Å². The molecular formula is C13H36BClOSi4. The molecule has 0 aliphatic carbocycles. The fraction of sp³-hybridized carbons (Fsp3) is 1.00. The molecule has 0 amide bonds. The van der Waals surface area contributed by atoms with Gasteiger partial charge in [0.15, 0.2) is 8.32 Å². The van der Waals surface area contributed by atoms with Crippen LogP contribution in [0.1, 0.15) is 0 Å². The van der Waals surface area contributed by atoms with Gasteiger partial charge in [-0.15, -0.1) is 0 Å². The van der Waals surface area contributed by atoms with Crippen LogP contribution in [0.15, 0.2) is 0 Å². The summed E-state index contributed by atoms with van der Waals surface area (Å²) in [6.07, 6.45) is -0.0980. The second-order valence-corrected chi connectivity index (χ2v) is 32.3. The number of hydrogen-bond acceptors (Lipinski definition) is 1. The first-order valence-electron chi connectivity index (χ1n) is 7.70. The van der Waals surface area contributed by atoms with Gasteiger partial charge in [-0.25, -0.2) is 0 Å². The van der Waals surface area contributed by atoms with E-state index in [4.69, 9.17) is 15.8 Å². The quantitative estimate of drug-likeness (QED) is 0.528. The minimum atomic E-state index is -1.63. The lowest BCUT2D eigenvalue weighted by Crippen LogP contribution is -2.72. The summed E-state index contributed by atoms with van der Waals surface area (Å²) in [5, 5.41) is 0. The maximum atomic E-state index is 7.06. The molecule has 0 rings (SSSR count). The van der Waals surface area contributed by atoms with Crippen molar-refractivity contribution in [1.82, 2.24) is 0 Å². The first kappa shape index (κ1) is 21.2. The van der Waals surface area contributed by atoms with E-state index in [0.717, 1.165) is 0 Å². The Kier molecular flexibility index (Phi) is 6.35. The lowest BCUT2D eigenvalue weighted by molar-refractivity contribution is 0.583. The number of halogens is 1. The van der Waals surface area contributed by atoms with Crippen molar-refractivity contribution < 1.29 is 4.34 Å². The van der Waals surface area contributed by atoms with Crippen molar-refractivity contribution in [3.63, 3.8) is 0 Å². The Balaban J connectivity index is 6.19. The van der Waals surface area contributed by atoms with Crippen LogP contribution in [0.25, 0.3) is 0 Å². The summed E-state index contributed by atoms with van der Waals surface area (Å²) in [5.41, 5.74) is 0. The highest BCUT2D eigenvalue weighted by atomic mass is 35.5. The Bertz CT molecular complexity index is 300. The van der Waals surface area contributed by atoms with Crippen LogP contribution in [-0.2, 0) is 4.34 Å². The molecule has 0 aliphatic heterocycles. The summed E-state index contributed by atoms with van der Waals surface area (Å²) in [4.78, 5) is 0. The van der Waals surface area contributed by atoms with Crippen molar-refractivity contribution in [2.24, 2.45) is 0 Å². The van der Waals surface area contributed by atoms with Gasteiger partial charge in [0, 0.05) is 24.2 Å². The minimum Gasteiger partial charge on any atom is -0.464 e. The van der Waals surface area contributed by atoms with E-state index in [1.54, 1.807) is 0 Å². The van der Waals surface area contributed by atoms with E-state index in [9.17, 15) is 0 Å². The average Bonchev–Trinajstić information content (AvgIpc) is 1.88. The van der Waals surface area contributed by atoms with Crippen molar-refractivity contribution in [1.29, 1.82) is 0 Å². The van der Waals surface area contributed by atoms with Gasteiger partial charge in [-0.1, -0.05) is 58.9 Å². The Morgan fingerprint density at radius 1 is 0.650 bits per heavy atom. The van der Waals surface area contributed by atoms with Gasteiger partial charge >= 0.3 is 6.33 Å². The summed E-state index contributed by atoms with van der Waals surface area (Å²) >= 11 is 7.06.